The summed E-state index contributed by atoms with van der Waals surface area (Å²) < 4.78 is 4.93. The number of rotatable bonds is 18. The second kappa shape index (κ2) is 21.4. The molecule has 0 aromatic heterocycles. The molecule has 0 aromatic rings. The first-order valence-corrected chi connectivity index (χ1v) is 11.3. The molecule has 1 N–H and O–H groups in total. The van der Waals surface area contributed by atoms with Crippen LogP contribution in [0.5, 0.6) is 0 Å². The van der Waals surface area contributed by atoms with Crippen molar-refractivity contribution in [3.63, 3.8) is 0 Å². The molecule has 0 radical (unpaired) electrons. The van der Waals surface area contributed by atoms with Crippen molar-refractivity contribution in [2.75, 3.05) is 0 Å². The number of carboxylic acids is 1. The van der Waals surface area contributed by atoms with E-state index in [2.05, 4.69) is 67.7 Å². The summed E-state index contributed by atoms with van der Waals surface area (Å²) in [6.07, 6.45) is 30.1. The number of allylic oxidation sites excluding steroid dienone is 10. The van der Waals surface area contributed by atoms with E-state index in [-0.39, 0.29) is 6.42 Å². The van der Waals surface area contributed by atoms with E-state index >= 15 is 0 Å². The molecule has 0 aliphatic rings. The number of unbranched alkanes of at least 4 members (excludes halogenated alkanes) is 3. The van der Waals surface area contributed by atoms with Gasteiger partial charge >= 0.3 is 11.9 Å². The summed E-state index contributed by atoms with van der Waals surface area (Å²) in [5.41, 5.74) is 0. The lowest BCUT2D eigenvalue weighted by Gasteiger charge is -2.11. The van der Waals surface area contributed by atoms with Gasteiger partial charge in [-0.1, -0.05) is 81.0 Å². The number of carbonyl (C=O) groups is 2. The molecule has 0 amide bonds. The average molecular weight is 417 g/mol. The smallest absolute Gasteiger partial charge is 0.345 e. The van der Waals surface area contributed by atoms with Crippen molar-refractivity contribution in [1.29, 1.82) is 0 Å². The van der Waals surface area contributed by atoms with Gasteiger partial charge in [-0.15, -0.1) is 0 Å². The van der Waals surface area contributed by atoms with Gasteiger partial charge < -0.3 is 9.84 Å². The van der Waals surface area contributed by atoms with Gasteiger partial charge in [-0.25, -0.2) is 4.79 Å². The number of aliphatic carboxylic acids is 1. The standard InChI is InChI=1S/C26H40O4/c1-3-5-6-7-8-9-10-11-12-13-14-15-16-17-18-19-20-21-22-23-25(27)30-24(4-2)26(28)29/h5-6,8-9,11-12,14-15,17-18,24H,3-4,7,10,13,16,19-23H2,1-2H3,(H,28,29)/b6-5-,9-8-,12-11-,15-14-,18-17-. The third-order valence-corrected chi connectivity index (χ3v) is 4.33. The normalized spacial score (nSPS) is 13.4. The van der Waals surface area contributed by atoms with E-state index < -0.39 is 18.0 Å². The van der Waals surface area contributed by atoms with E-state index in [1.807, 2.05) is 0 Å². The van der Waals surface area contributed by atoms with Crippen LogP contribution in [0, 0.1) is 0 Å². The summed E-state index contributed by atoms with van der Waals surface area (Å²) in [5, 5.41) is 8.86. The second-order valence-electron chi connectivity index (χ2n) is 7.03. The molecule has 0 rings (SSSR count). The van der Waals surface area contributed by atoms with E-state index in [4.69, 9.17) is 9.84 Å². The topological polar surface area (TPSA) is 63.6 Å². The minimum Gasteiger partial charge on any atom is -0.479 e. The minimum atomic E-state index is -1.08. The molecule has 30 heavy (non-hydrogen) atoms. The lowest BCUT2D eigenvalue weighted by molar-refractivity contribution is -0.164. The van der Waals surface area contributed by atoms with Crippen LogP contribution < -0.4 is 0 Å². The maximum atomic E-state index is 11.6. The largest absolute Gasteiger partial charge is 0.479 e. The van der Waals surface area contributed by atoms with Gasteiger partial charge in [0.1, 0.15) is 0 Å². The third-order valence-electron chi connectivity index (χ3n) is 4.33. The number of hydrogen-bond acceptors (Lipinski definition) is 3. The molecule has 0 saturated carbocycles. The summed E-state index contributed by atoms with van der Waals surface area (Å²) in [7, 11) is 0. The van der Waals surface area contributed by atoms with Crippen molar-refractivity contribution in [2.24, 2.45) is 0 Å². The summed E-state index contributed by atoms with van der Waals surface area (Å²) >= 11 is 0. The zero-order valence-electron chi connectivity index (χ0n) is 18.8. The molecule has 4 heteroatoms. The fourth-order valence-corrected chi connectivity index (χ4v) is 2.60. The molecule has 0 heterocycles. The van der Waals surface area contributed by atoms with Gasteiger partial charge in [0.2, 0.25) is 0 Å². The van der Waals surface area contributed by atoms with Crippen LogP contribution in [-0.2, 0) is 14.3 Å². The molecule has 0 spiro atoms. The number of carboxylic acid groups (broad SMARTS) is 1. The molecule has 4 nitrogen and oxygen atoms in total. The number of ether oxygens (including phenoxy) is 1. The van der Waals surface area contributed by atoms with Crippen LogP contribution in [0.1, 0.15) is 84.5 Å². The van der Waals surface area contributed by atoms with Gasteiger partial charge in [-0.2, -0.15) is 0 Å². The van der Waals surface area contributed by atoms with Crippen molar-refractivity contribution in [2.45, 2.75) is 90.6 Å². The summed E-state index contributed by atoms with van der Waals surface area (Å²) in [6, 6.07) is 0. The Hall–Kier alpha value is -2.36. The lowest BCUT2D eigenvalue weighted by Crippen LogP contribution is -2.26. The summed E-state index contributed by atoms with van der Waals surface area (Å²) in [4.78, 5) is 22.4. The van der Waals surface area contributed by atoms with E-state index in [9.17, 15) is 9.59 Å². The molecule has 0 saturated heterocycles. The average Bonchev–Trinajstić information content (AvgIpc) is 2.73. The van der Waals surface area contributed by atoms with Crippen molar-refractivity contribution in [1.82, 2.24) is 0 Å². The highest BCUT2D eigenvalue weighted by Gasteiger charge is 2.19. The Kier molecular flexibility index (Phi) is 19.7. The van der Waals surface area contributed by atoms with Gasteiger partial charge in [-0.3, -0.25) is 4.79 Å². The Labute approximate surface area is 183 Å². The maximum absolute atomic E-state index is 11.6. The first-order chi connectivity index (χ1) is 14.6. The van der Waals surface area contributed by atoms with Gasteiger partial charge in [0, 0.05) is 6.42 Å². The Bertz CT molecular complexity index is 582. The highest BCUT2D eigenvalue weighted by atomic mass is 16.6. The van der Waals surface area contributed by atoms with Crippen molar-refractivity contribution < 1.29 is 19.4 Å². The van der Waals surface area contributed by atoms with E-state index in [0.29, 0.717) is 6.42 Å². The van der Waals surface area contributed by atoms with Gasteiger partial charge in [0.25, 0.3) is 0 Å². The number of esters is 1. The third kappa shape index (κ3) is 19.0. The van der Waals surface area contributed by atoms with Crippen LogP contribution in [0.25, 0.3) is 0 Å². The molecule has 0 aromatic carbocycles. The SMILES string of the molecule is CC/C=C\C/C=C\C/C=C\C/C=C\C/C=C\CCCCCC(=O)OC(CC)C(=O)O. The molecule has 0 bridgehead atoms. The van der Waals surface area contributed by atoms with Crippen molar-refractivity contribution in [3.8, 4) is 0 Å². The fourth-order valence-electron chi connectivity index (χ4n) is 2.60. The molecular formula is C26H40O4. The van der Waals surface area contributed by atoms with Gasteiger partial charge in [0.15, 0.2) is 6.10 Å². The second-order valence-corrected chi connectivity index (χ2v) is 7.03. The maximum Gasteiger partial charge on any atom is 0.345 e. The van der Waals surface area contributed by atoms with Crippen molar-refractivity contribution in [3.05, 3.63) is 60.8 Å². The van der Waals surface area contributed by atoms with Crippen molar-refractivity contribution >= 4 is 11.9 Å². The Morgan fingerprint density at radius 1 is 0.733 bits per heavy atom. The van der Waals surface area contributed by atoms with E-state index in [1.54, 1.807) is 6.92 Å². The quantitative estimate of drug-likeness (QED) is 0.147. The van der Waals surface area contributed by atoms with Crippen LogP contribution in [0.4, 0.5) is 0 Å². The number of carbonyl (C=O) groups excluding carboxylic acids is 1. The fraction of sp³-hybridized carbons (Fsp3) is 0.538. The molecular weight excluding hydrogens is 376 g/mol. The molecule has 1 atom stereocenters. The zero-order chi connectivity index (χ0) is 22.3. The highest BCUT2D eigenvalue weighted by Crippen LogP contribution is 2.07. The monoisotopic (exact) mass is 416 g/mol. The predicted molar refractivity (Wildman–Crippen MR) is 125 cm³/mol. The van der Waals surface area contributed by atoms with Crippen LogP contribution in [0.15, 0.2) is 60.8 Å². The predicted octanol–water partition coefficient (Wildman–Crippen LogP) is 7.09. The summed E-state index contributed by atoms with van der Waals surface area (Å²) in [6.45, 7) is 3.84. The van der Waals surface area contributed by atoms with Gasteiger partial charge in [-0.05, 0) is 57.8 Å². The molecule has 0 fully saturated rings. The summed E-state index contributed by atoms with van der Waals surface area (Å²) in [5.74, 6) is -1.50. The first kappa shape index (κ1) is 27.6. The Balaban J connectivity index is 3.58. The Morgan fingerprint density at radius 2 is 1.23 bits per heavy atom. The van der Waals surface area contributed by atoms with Crippen LogP contribution in [-0.4, -0.2) is 23.1 Å². The number of hydrogen-bond donors (Lipinski definition) is 1. The van der Waals surface area contributed by atoms with E-state index in [0.717, 1.165) is 57.8 Å². The minimum absolute atomic E-state index is 0.287. The lowest BCUT2D eigenvalue weighted by atomic mass is 10.1. The van der Waals surface area contributed by atoms with Crippen LogP contribution >= 0.6 is 0 Å². The zero-order valence-corrected chi connectivity index (χ0v) is 18.8. The van der Waals surface area contributed by atoms with Crippen LogP contribution in [0.2, 0.25) is 0 Å². The van der Waals surface area contributed by atoms with E-state index in [1.165, 1.54) is 0 Å². The first-order valence-electron chi connectivity index (χ1n) is 11.3. The highest BCUT2D eigenvalue weighted by molar-refractivity contribution is 5.77. The Morgan fingerprint density at radius 3 is 1.70 bits per heavy atom. The molecule has 0 aliphatic heterocycles. The molecule has 1 unspecified atom stereocenters. The molecule has 0 aliphatic carbocycles. The van der Waals surface area contributed by atoms with Crippen LogP contribution in [0.3, 0.4) is 0 Å². The van der Waals surface area contributed by atoms with Gasteiger partial charge in [0.05, 0.1) is 0 Å². The molecule has 168 valence electrons.